The van der Waals surface area contributed by atoms with E-state index in [9.17, 15) is 4.79 Å². The van der Waals surface area contributed by atoms with Gasteiger partial charge in [-0.15, -0.1) is 0 Å². The van der Waals surface area contributed by atoms with Gasteiger partial charge in [-0.1, -0.05) is 30.3 Å². The Kier molecular flexibility index (Phi) is 4.69. The number of rotatable bonds is 6. The third-order valence-corrected chi connectivity index (χ3v) is 2.86. The maximum absolute atomic E-state index is 11.7. The number of nitrogens with zero attached hydrogens (tertiary/aromatic N) is 1. The molecule has 1 heterocycles. The van der Waals surface area contributed by atoms with Crippen molar-refractivity contribution in [1.82, 2.24) is 15.3 Å². The predicted octanol–water partition coefficient (Wildman–Crippen LogP) is 1.28. The third kappa shape index (κ3) is 3.93. The number of hydrogen-bond acceptors (Lipinski definition) is 4. The van der Waals surface area contributed by atoms with Crippen LogP contribution in [0.3, 0.4) is 0 Å². The van der Waals surface area contributed by atoms with Gasteiger partial charge in [0.1, 0.15) is 6.04 Å². The van der Waals surface area contributed by atoms with Crippen LogP contribution in [0.25, 0.3) is 0 Å². The van der Waals surface area contributed by atoms with Crippen LogP contribution >= 0.6 is 0 Å². The first-order valence-corrected chi connectivity index (χ1v) is 6.12. The van der Waals surface area contributed by atoms with Gasteiger partial charge in [-0.05, 0) is 5.56 Å². The molecule has 0 saturated carbocycles. The number of benzene rings is 1. The zero-order valence-electron chi connectivity index (χ0n) is 10.8. The van der Waals surface area contributed by atoms with E-state index in [4.69, 9.17) is 4.74 Å². The molecule has 2 aromatic rings. The van der Waals surface area contributed by atoms with E-state index in [0.29, 0.717) is 13.0 Å². The van der Waals surface area contributed by atoms with Crippen LogP contribution in [0.2, 0.25) is 0 Å². The molecule has 0 unspecified atom stereocenters. The zero-order chi connectivity index (χ0) is 13.5. The number of aromatic nitrogens is 2. The van der Waals surface area contributed by atoms with Crippen LogP contribution in [0, 0.1) is 0 Å². The van der Waals surface area contributed by atoms with E-state index in [1.807, 2.05) is 30.3 Å². The minimum absolute atomic E-state index is 0.273. The molecule has 2 N–H and O–H groups in total. The van der Waals surface area contributed by atoms with E-state index in [2.05, 4.69) is 15.3 Å². The second kappa shape index (κ2) is 6.70. The molecule has 5 heteroatoms. The number of methoxy groups -OCH3 is 1. The minimum atomic E-state index is -0.384. The van der Waals surface area contributed by atoms with Crippen molar-refractivity contribution in [3.8, 4) is 0 Å². The van der Waals surface area contributed by atoms with Crippen molar-refractivity contribution < 1.29 is 9.53 Å². The summed E-state index contributed by atoms with van der Waals surface area (Å²) in [6.07, 6.45) is 3.83. The zero-order valence-corrected chi connectivity index (χ0v) is 10.8. The highest BCUT2D eigenvalue weighted by Gasteiger charge is 2.19. The van der Waals surface area contributed by atoms with Gasteiger partial charge in [-0.25, -0.2) is 4.98 Å². The molecule has 5 nitrogen and oxygen atoms in total. The summed E-state index contributed by atoms with van der Waals surface area (Å²) >= 11 is 0. The molecule has 0 saturated heterocycles. The van der Waals surface area contributed by atoms with Crippen molar-refractivity contribution in [3.63, 3.8) is 0 Å². The molecular formula is C14H17N3O2. The summed E-state index contributed by atoms with van der Waals surface area (Å²) in [4.78, 5) is 18.7. The average Bonchev–Trinajstić information content (AvgIpc) is 2.96. The predicted molar refractivity (Wildman–Crippen MR) is 71.4 cm³/mol. The van der Waals surface area contributed by atoms with Crippen LogP contribution in [-0.2, 0) is 22.5 Å². The minimum Gasteiger partial charge on any atom is -0.468 e. The standard InChI is InChI=1S/C14H17N3O2/c1-19-14(18)13(7-12-9-15-10-17-12)16-8-11-5-3-2-4-6-11/h2-6,9-10,13,16H,7-8H2,1H3,(H,15,17)/t13-/m1/s1. The molecule has 0 aliphatic rings. The van der Waals surface area contributed by atoms with Crippen molar-refractivity contribution in [2.24, 2.45) is 0 Å². The monoisotopic (exact) mass is 259 g/mol. The van der Waals surface area contributed by atoms with Gasteiger partial charge in [-0.2, -0.15) is 0 Å². The summed E-state index contributed by atoms with van der Waals surface area (Å²) in [7, 11) is 1.40. The van der Waals surface area contributed by atoms with E-state index >= 15 is 0 Å². The lowest BCUT2D eigenvalue weighted by atomic mass is 10.1. The summed E-state index contributed by atoms with van der Waals surface area (Å²) in [6.45, 7) is 0.620. The highest BCUT2D eigenvalue weighted by Crippen LogP contribution is 2.03. The fraction of sp³-hybridized carbons (Fsp3) is 0.286. The smallest absolute Gasteiger partial charge is 0.323 e. The molecule has 1 atom stereocenters. The summed E-state index contributed by atoms with van der Waals surface area (Å²) in [5, 5.41) is 3.20. The normalized spacial score (nSPS) is 12.1. The van der Waals surface area contributed by atoms with Gasteiger partial charge in [0.05, 0.1) is 13.4 Å². The van der Waals surface area contributed by atoms with E-state index in [1.54, 1.807) is 12.5 Å². The van der Waals surface area contributed by atoms with Gasteiger partial charge in [-0.3, -0.25) is 10.1 Å². The summed E-state index contributed by atoms with van der Waals surface area (Å²) in [5.41, 5.74) is 2.02. The van der Waals surface area contributed by atoms with Gasteiger partial charge in [0.25, 0.3) is 0 Å². The fourth-order valence-corrected chi connectivity index (χ4v) is 1.83. The highest BCUT2D eigenvalue weighted by atomic mass is 16.5. The molecule has 19 heavy (non-hydrogen) atoms. The van der Waals surface area contributed by atoms with E-state index in [0.717, 1.165) is 11.3 Å². The van der Waals surface area contributed by atoms with Crippen LogP contribution < -0.4 is 5.32 Å². The molecular weight excluding hydrogens is 242 g/mol. The Morgan fingerprint density at radius 3 is 2.84 bits per heavy atom. The Morgan fingerprint density at radius 2 is 2.21 bits per heavy atom. The Bertz CT molecular complexity index is 497. The number of aromatic amines is 1. The number of hydrogen-bond donors (Lipinski definition) is 2. The topological polar surface area (TPSA) is 67.0 Å². The van der Waals surface area contributed by atoms with Gasteiger partial charge < -0.3 is 9.72 Å². The second-order valence-corrected chi connectivity index (χ2v) is 4.22. The van der Waals surface area contributed by atoms with Crippen LogP contribution in [0.5, 0.6) is 0 Å². The number of carbonyl (C=O) groups is 1. The van der Waals surface area contributed by atoms with Crippen LogP contribution in [0.4, 0.5) is 0 Å². The van der Waals surface area contributed by atoms with Crippen LogP contribution in [0.15, 0.2) is 42.9 Å². The maximum atomic E-state index is 11.7. The fourth-order valence-electron chi connectivity index (χ4n) is 1.83. The van der Waals surface area contributed by atoms with Gasteiger partial charge >= 0.3 is 5.97 Å². The quantitative estimate of drug-likeness (QED) is 0.767. The van der Waals surface area contributed by atoms with E-state index < -0.39 is 0 Å². The average molecular weight is 259 g/mol. The van der Waals surface area contributed by atoms with Crippen LogP contribution in [0.1, 0.15) is 11.3 Å². The Balaban J connectivity index is 1.96. The molecule has 0 radical (unpaired) electrons. The number of carbonyl (C=O) groups excluding carboxylic acids is 1. The number of H-pyrrole nitrogens is 1. The van der Waals surface area contributed by atoms with E-state index in [-0.39, 0.29) is 12.0 Å². The first-order valence-electron chi connectivity index (χ1n) is 6.12. The largest absolute Gasteiger partial charge is 0.468 e. The molecule has 1 aromatic carbocycles. The molecule has 0 amide bonds. The van der Waals surface area contributed by atoms with Crippen molar-refractivity contribution in [2.45, 2.75) is 19.0 Å². The van der Waals surface area contributed by atoms with Crippen molar-refractivity contribution >= 4 is 5.97 Å². The molecule has 1 aromatic heterocycles. The summed E-state index contributed by atoms with van der Waals surface area (Å²) in [6, 6.07) is 9.55. The Labute approximate surface area is 112 Å². The lowest BCUT2D eigenvalue weighted by molar-refractivity contribution is -0.143. The number of ether oxygens (including phenoxy) is 1. The van der Waals surface area contributed by atoms with Crippen molar-refractivity contribution in [2.75, 3.05) is 7.11 Å². The van der Waals surface area contributed by atoms with E-state index in [1.165, 1.54) is 7.11 Å². The molecule has 0 aliphatic carbocycles. The lowest BCUT2D eigenvalue weighted by Gasteiger charge is -2.15. The Hall–Kier alpha value is -2.14. The van der Waals surface area contributed by atoms with Gasteiger partial charge in [0.2, 0.25) is 0 Å². The molecule has 100 valence electrons. The second-order valence-electron chi connectivity index (χ2n) is 4.22. The SMILES string of the molecule is COC(=O)[C@@H](Cc1cnc[nH]1)NCc1ccccc1. The third-order valence-electron chi connectivity index (χ3n) is 2.86. The molecule has 0 spiro atoms. The molecule has 0 fully saturated rings. The summed E-state index contributed by atoms with van der Waals surface area (Å²) in [5.74, 6) is -0.273. The maximum Gasteiger partial charge on any atom is 0.323 e. The summed E-state index contributed by atoms with van der Waals surface area (Å²) < 4.78 is 4.81. The highest BCUT2D eigenvalue weighted by molar-refractivity contribution is 5.75. The van der Waals surface area contributed by atoms with Crippen molar-refractivity contribution in [3.05, 3.63) is 54.1 Å². The molecule has 0 aliphatic heterocycles. The van der Waals surface area contributed by atoms with Crippen LogP contribution in [-0.4, -0.2) is 29.1 Å². The lowest BCUT2D eigenvalue weighted by Crippen LogP contribution is -2.39. The molecule has 0 bridgehead atoms. The van der Waals surface area contributed by atoms with Gasteiger partial charge in [0.15, 0.2) is 0 Å². The Morgan fingerprint density at radius 1 is 1.42 bits per heavy atom. The van der Waals surface area contributed by atoms with Gasteiger partial charge in [0, 0.05) is 24.9 Å². The van der Waals surface area contributed by atoms with Crippen molar-refractivity contribution in [1.29, 1.82) is 0 Å². The first kappa shape index (κ1) is 13.3. The first-order chi connectivity index (χ1) is 9.29. The number of esters is 1. The molecule has 2 rings (SSSR count). The number of imidazole rings is 1. The number of nitrogens with one attached hydrogen (secondary N) is 2.